The standard InChI is InChI=1S/C27H30FN3O3/c1-33-25-11-10-21(17-26(25)34-2)19-30-12-14-31(15-13-30)22-7-5-6-20(16-22)18-29-27(32)23-8-3-4-9-24(23)28/h3-11,16-17H,12-15,18-19H2,1-2H3,(H,29,32). The minimum absolute atomic E-state index is 0.0595. The van der Waals surface area contributed by atoms with Crippen molar-refractivity contribution in [2.75, 3.05) is 45.3 Å². The summed E-state index contributed by atoms with van der Waals surface area (Å²) >= 11 is 0. The lowest BCUT2D eigenvalue weighted by molar-refractivity contribution is 0.0947. The molecule has 3 aromatic carbocycles. The lowest BCUT2D eigenvalue weighted by Crippen LogP contribution is -2.46. The Balaban J connectivity index is 1.31. The summed E-state index contributed by atoms with van der Waals surface area (Å²) in [5, 5.41) is 2.81. The summed E-state index contributed by atoms with van der Waals surface area (Å²) in [5.41, 5.74) is 3.36. The van der Waals surface area contributed by atoms with Gasteiger partial charge >= 0.3 is 0 Å². The minimum atomic E-state index is -0.514. The zero-order valence-corrected chi connectivity index (χ0v) is 19.6. The van der Waals surface area contributed by atoms with Crippen molar-refractivity contribution in [2.24, 2.45) is 0 Å². The van der Waals surface area contributed by atoms with Gasteiger partial charge in [0.1, 0.15) is 5.82 Å². The molecule has 1 N–H and O–H groups in total. The summed E-state index contributed by atoms with van der Waals surface area (Å²) in [6, 6.07) is 20.2. The third-order valence-corrected chi connectivity index (χ3v) is 6.07. The highest BCUT2D eigenvalue weighted by molar-refractivity contribution is 5.94. The van der Waals surface area contributed by atoms with Crippen molar-refractivity contribution in [1.82, 2.24) is 10.2 Å². The molecule has 178 valence electrons. The van der Waals surface area contributed by atoms with Gasteiger partial charge < -0.3 is 19.7 Å². The molecule has 1 aliphatic rings. The molecule has 3 aromatic rings. The maximum atomic E-state index is 13.8. The van der Waals surface area contributed by atoms with E-state index in [1.54, 1.807) is 26.4 Å². The summed E-state index contributed by atoms with van der Waals surface area (Å²) in [6.45, 7) is 4.93. The molecule has 0 aromatic heterocycles. The normalized spacial score (nSPS) is 14.0. The maximum absolute atomic E-state index is 13.8. The topological polar surface area (TPSA) is 54.0 Å². The molecule has 1 saturated heterocycles. The number of carbonyl (C=O) groups excluding carboxylic acids is 1. The van der Waals surface area contributed by atoms with E-state index in [4.69, 9.17) is 9.47 Å². The van der Waals surface area contributed by atoms with Crippen LogP contribution in [0, 0.1) is 5.82 Å². The predicted octanol–water partition coefficient (Wildman–Crippen LogP) is 4.10. The number of rotatable bonds is 8. The molecule has 7 heteroatoms. The van der Waals surface area contributed by atoms with Crippen LogP contribution in [0.4, 0.5) is 10.1 Å². The second-order valence-electron chi connectivity index (χ2n) is 8.28. The van der Waals surface area contributed by atoms with E-state index >= 15 is 0 Å². The van der Waals surface area contributed by atoms with Crippen molar-refractivity contribution in [1.29, 1.82) is 0 Å². The molecule has 1 amide bonds. The van der Waals surface area contributed by atoms with Crippen molar-refractivity contribution in [2.45, 2.75) is 13.1 Å². The Bertz CT molecular complexity index is 1130. The smallest absolute Gasteiger partial charge is 0.254 e. The summed E-state index contributed by atoms with van der Waals surface area (Å²) in [5.74, 6) is 0.561. The highest BCUT2D eigenvalue weighted by Gasteiger charge is 2.18. The fourth-order valence-electron chi connectivity index (χ4n) is 4.19. The Kier molecular flexibility index (Phi) is 7.65. The Labute approximate surface area is 199 Å². The first-order valence-electron chi connectivity index (χ1n) is 11.4. The van der Waals surface area contributed by atoms with Gasteiger partial charge in [-0.1, -0.05) is 30.3 Å². The first-order chi connectivity index (χ1) is 16.6. The van der Waals surface area contributed by atoms with Crippen LogP contribution in [0.2, 0.25) is 0 Å². The minimum Gasteiger partial charge on any atom is -0.493 e. The van der Waals surface area contributed by atoms with Crippen LogP contribution >= 0.6 is 0 Å². The quantitative estimate of drug-likeness (QED) is 0.545. The first kappa shape index (κ1) is 23.6. The van der Waals surface area contributed by atoms with Crippen LogP contribution in [-0.4, -0.2) is 51.2 Å². The number of methoxy groups -OCH3 is 2. The van der Waals surface area contributed by atoms with Gasteiger partial charge in [-0.25, -0.2) is 4.39 Å². The predicted molar refractivity (Wildman–Crippen MR) is 131 cm³/mol. The van der Waals surface area contributed by atoms with Gasteiger partial charge in [0, 0.05) is 45.0 Å². The molecule has 1 fully saturated rings. The van der Waals surface area contributed by atoms with Gasteiger partial charge in [0.05, 0.1) is 19.8 Å². The maximum Gasteiger partial charge on any atom is 0.254 e. The molecule has 6 nitrogen and oxygen atoms in total. The third-order valence-electron chi connectivity index (χ3n) is 6.07. The molecular formula is C27H30FN3O3. The number of anilines is 1. The molecular weight excluding hydrogens is 433 g/mol. The Morgan fingerprint density at radius 3 is 2.38 bits per heavy atom. The summed E-state index contributed by atoms with van der Waals surface area (Å²) in [7, 11) is 3.29. The van der Waals surface area contributed by atoms with E-state index in [9.17, 15) is 9.18 Å². The number of nitrogens with zero attached hydrogens (tertiary/aromatic N) is 2. The molecule has 0 saturated carbocycles. The summed E-state index contributed by atoms with van der Waals surface area (Å²) < 4.78 is 24.6. The number of benzene rings is 3. The van der Waals surface area contributed by atoms with Crippen molar-refractivity contribution in [3.63, 3.8) is 0 Å². The average Bonchev–Trinajstić information content (AvgIpc) is 2.88. The van der Waals surface area contributed by atoms with E-state index in [0.717, 1.165) is 55.5 Å². The van der Waals surface area contributed by atoms with E-state index in [1.165, 1.54) is 17.7 Å². The molecule has 0 radical (unpaired) electrons. The summed E-state index contributed by atoms with van der Waals surface area (Å²) in [4.78, 5) is 17.1. The number of hydrogen-bond donors (Lipinski definition) is 1. The fourth-order valence-corrected chi connectivity index (χ4v) is 4.19. The molecule has 1 aliphatic heterocycles. The van der Waals surface area contributed by atoms with Gasteiger partial charge in [0.25, 0.3) is 5.91 Å². The number of amides is 1. The third kappa shape index (κ3) is 5.66. The lowest BCUT2D eigenvalue weighted by Gasteiger charge is -2.36. The fraction of sp³-hybridized carbons (Fsp3) is 0.296. The molecule has 0 atom stereocenters. The van der Waals surface area contributed by atoms with E-state index in [2.05, 4.69) is 33.3 Å². The number of carbonyl (C=O) groups is 1. The number of nitrogens with one attached hydrogen (secondary N) is 1. The van der Waals surface area contributed by atoms with Gasteiger partial charge in [0.2, 0.25) is 0 Å². The average molecular weight is 464 g/mol. The zero-order valence-electron chi connectivity index (χ0n) is 19.6. The van der Waals surface area contributed by atoms with E-state index in [1.807, 2.05) is 24.3 Å². The molecule has 0 bridgehead atoms. The molecule has 0 spiro atoms. The van der Waals surface area contributed by atoms with Gasteiger partial charge in [-0.15, -0.1) is 0 Å². The first-order valence-corrected chi connectivity index (χ1v) is 11.4. The van der Waals surface area contributed by atoms with E-state index in [-0.39, 0.29) is 5.56 Å². The van der Waals surface area contributed by atoms with Crippen LogP contribution in [-0.2, 0) is 13.1 Å². The van der Waals surface area contributed by atoms with Gasteiger partial charge in [-0.05, 0) is 47.5 Å². The van der Waals surface area contributed by atoms with E-state index in [0.29, 0.717) is 6.54 Å². The molecule has 0 aliphatic carbocycles. The highest BCUT2D eigenvalue weighted by Crippen LogP contribution is 2.28. The van der Waals surface area contributed by atoms with Crippen LogP contribution in [0.5, 0.6) is 11.5 Å². The number of halogens is 1. The Morgan fingerprint density at radius 2 is 1.65 bits per heavy atom. The van der Waals surface area contributed by atoms with Gasteiger partial charge in [-0.2, -0.15) is 0 Å². The highest BCUT2D eigenvalue weighted by atomic mass is 19.1. The van der Waals surface area contributed by atoms with Crippen molar-refractivity contribution in [3.8, 4) is 11.5 Å². The molecule has 0 unspecified atom stereocenters. The van der Waals surface area contributed by atoms with Crippen LogP contribution in [0.1, 0.15) is 21.5 Å². The number of hydrogen-bond acceptors (Lipinski definition) is 5. The number of piperazine rings is 1. The van der Waals surface area contributed by atoms with Crippen LogP contribution < -0.4 is 19.7 Å². The molecule has 34 heavy (non-hydrogen) atoms. The van der Waals surface area contributed by atoms with Crippen molar-refractivity contribution >= 4 is 11.6 Å². The number of ether oxygens (including phenoxy) is 2. The second-order valence-corrected chi connectivity index (χ2v) is 8.28. The van der Waals surface area contributed by atoms with Gasteiger partial charge in [0.15, 0.2) is 11.5 Å². The van der Waals surface area contributed by atoms with Crippen molar-refractivity contribution < 1.29 is 18.7 Å². The summed E-state index contributed by atoms with van der Waals surface area (Å²) in [6.07, 6.45) is 0. The molecule has 4 rings (SSSR count). The lowest BCUT2D eigenvalue weighted by atomic mass is 10.1. The van der Waals surface area contributed by atoms with Crippen LogP contribution in [0.15, 0.2) is 66.7 Å². The second kappa shape index (κ2) is 11.0. The largest absolute Gasteiger partial charge is 0.493 e. The van der Waals surface area contributed by atoms with Crippen LogP contribution in [0.25, 0.3) is 0 Å². The van der Waals surface area contributed by atoms with Crippen molar-refractivity contribution in [3.05, 3.63) is 89.2 Å². The van der Waals surface area contributed by atoms with Gasteiger partial charge in [-0.3, -0.25) is 9.69 Å². The SMILES string of the molecule is COc1ccc(CN2CCN(c3cccc(CNC(=O)c4ccccc4F)c3)CC2)cc1OC. The Hall–Kier alpha value is -3.58. The molecule has 1 heterocycles. The monoisotopic (exact) mass is 463 g/mol. The van der Waals surface area contributed by atoms with E-state index < -0.39 is 11.7 Å². The zero-order chi connectivity index (χ0) is 23.9. The van der Waals surface area contributed by atoms with Crippen LogP contribution in [0.3, 0.4) is 0 Å². The Morgan fingerprint density at radius 1 is 0.882 bits per heavy atom.